The molecule has 0 radical (unpaired) electrons. The molecule has 1 fully saturated rings. The third-order valence-electron chi connectivity index (χ3n) is 3.95. The summed E-state index contributed by atoms with van der Waals surface area (Å²) in [4.78, 5) is 4.41. The number of hydrogen-bond donors (Lipinski definition) is 2. The Labute approximate surface area is 167 Å². The Balaban J connectivity index is 0.00000312. The number of nitrogens with one attached hydrogen (secondary N) is 1. The van der Waals surface area contributed by atoms with E-state index in [9.17, 15) is 0 Å². The van der Waals surface area contributed by atoms with Crippen molar-refractivity contribution in [2.75, 3.05) is 33.5 Å². The third-order valence-corrected chi connectivity index (χ3v) is 3.95. The maximum absolute atomic E-state index is 6.02. The lowest BCUT2D eigenvalue weighted by atomic mass is 10.1. The highest BCUT2D eigenvalue weighted by atomic mass is 127. The quantitative estimate of drug-likeness (QED) is 0.352. The second-order valence-corrected chi connectivity index (χ2v) is 6.35. The van der Waals surface area contributed by atoms with Crippen molar-refractivity contribution >= 4 is 29.9 Å². The van der Waals surface area contributed by atoms with Crippen molar-refractivity contribution in [3.63, 3.8) is 0 Å². The molecule has 2 rings (SSSR count). The van der Waals surface area contributed by atoms with Crippen LogP contribution in [0.25, 0.3) is 0 Å². The van der Waals surface area contributed by atoms with Crippen molar-refractivity contribution in [3.05, 3.63) is 29.3 Å². The summed E-state index contributed by atoms with van der Waals surface area (Å²) in [6, 6.07) is 6.28. The first kappa shape index (κ1) is 22.0. The zero-order chi connectivity index (χ0) is 17.4. The van der Waals surface area contributed by atoms with Crippen molar-refractivity contribution < 1.29 is 14.2 Å². The van der Waals surface area contributed by atoms with Crippen LogP contribution in [0.5, 0.6) is 5.75 Å². The predicted octanol–water partition coefficient (Wildman–Crippen LogP) is 2.47. The van der Waals surface area contributed by atoms with Gasteiger partial charge in [-0.05, 0) is 31.9 Å². The fraction of sp³-hybridized carbons (Fsp3) is 0.611. The number of halogens is 1. The lowest BCUT2D eigenvalue weighted by molar-refractivity contribution is 0.166. The van der Waals surface area contributed by atoms with Gasteiger partial charge in [0.15, 0.2) is 5.96 Å². The summed E-state index contributed by atoms with van der Waals surface area (Å²) in [5.41, 5.74) is 8.13. The fourth-order valence-corrected chi connectivity index (χ4v) is 2.61. The van der Waals surface area contributed by atoms with Gasteiger partial charge >= 0.3 is 0 Å². The average molecular weight is 463 g/mol. The molecule has 0 bridgehead atoms. The molecule has 7 heteroatoms. The van der Waals surface area contributed by atoms with E-state index in [1.165, 1.54) is 5.56 Å². The average Bonchev–Trinajstić information content (AvgIpc) is 3.05. The van der Waals surface area contributed by atoms with Gasteiger partial charge < -0.3 is 25.3 Å². The van der Waals surface area contributed by atoms with Crippen molar-refractivity contribution in [3.8, 4) is 5.75 Å². The van der Waals surface area contributed by atoms with Gasteiger partial charge in [0.2, 0.25) is 0 Å². The van der Waals surface area contributed by atoms with Crippen LogP contribution in [0, 0.1) is 12.8 Å². The Kier molecular flexibility index (Phi) is 10.1. The van der Waals surface area contributed by atoms with E-state index in [0.29, 0.717) is 31.6 Å². The van der Waals surface area contributed by atoms with Crippen LogP contribution in [0.2, 0.25) is 0 Å². The number of guanidine groups is 1. The minimum atomic E-state index is 0. The molecule has 1 aliphatic heterocycles. The van der Waals surface area contributed by atoms with Crippen LogP contribution in [0.4, 0.5) is 0 Å². The second kappa shape index (κ2) is 11.5. The minimum absolute atomic E-state index is 0. The summed E-state index contributed by atoms with van der Waals surface area (Å²) < 4.78 is 16.5. The molecule has 0 aromatic heterocycles. The van der Waals surface area contributed by atoms with Gasteiger partial charge in [-0.2, -0.15) is 0 Å². The number of aliphatic imine (C=N–C) groups is 1. The molecule has 1 aliphatic rings. The smallest absolute Gasteiger partial charge is 0.189 e. The molecule has 0 spiro atoms. The molecule has 25 heavy (non-hydrogen) atoms. The standard InChI is InChI=1S/C18H29N3O3.HI/c1-13-4-5-16(9-20-18(19)21-14(2)10-22-3)17(8-13)24-12-15-6-7-23-11-15;/h4-5,8,14-15H,6-7,9-12H2,1-3H3,(H3,19,20,21);1H. The van der Waals surface area contributed by atoms with E-state index in [0.717, 1.165) is 30.9 Å². The van der Waals surface area contributed by atoms with Gasteiger partial charge in [0.05, 0.1) is 26.4 Å². The number of methoxy groups -OCH3 is 1. The summed E-state index contributed by atoms with van der Waals surface area (Å²) in [5, 5.41) is 3.10. The Morgan fingerprint density at radius 1 is 1.48 bits per heavy atom. The van der Waals surface area contributed by atoms with E-state index in [1.807, 2.05) is 13.0 Å². The van der Waals surface area contributed by atoms with Gasteiger partial charge in [0.1, 0.15) is 5.75 Å². The molecule has 2 unspecified atom stereocenters. The summed E-state index contributed by atoms with van der Waals surface area (Å²) in [7, 11) is 1.66. The predicted molar refractivity (Wildman–Crippen MR) is 111 cm³/mol. The van der Waals surface area contributed by atoms with Gasteiger partial charge in [-0.1, -0.05) is 12.1 Å². The van der Waals surface area contributed by atoms with E-state index >= 15 is 0 Å². The normalized spacial score (nSPS) is 18.5. The van der Waals surface area contributed by atoms with E-state index in [2.05, 4.69) is 29.4 Å². The van der Waals surface area contributed by atoms with Crippen molar-refractivity contribution in [1.82, 2.24) is 5.32 Å². The molecule has 1 saturated heterocycles. The van der Waals surface area contributed by atoms with Crippen LogP contribution < -0.4 is 15.8 Å². The number of ether oxygens (including phenoxy) is 3. The second-order valence-electron chi connectivity index (χ2n) is 6.35. The van der Waals surface area contributed by atoms with Crippen LogP contribution in [-0.4, -0.2) is 45.5 Å². The number of nitrogens with zero attached hydrogens (tertiary/aromatic N) is 1. The Bertz CT molecular complexity index is 548. The monoisotopic (exact) mass is 463 g/mol. The van der Waals surface area contributed by atoms with Crippen LogP contribution in [-0.2, 0) is 16.0 Å². The summed E-state index contributed by atoms with van der Waals surface area (Å²) >= 11 is 0. The van der Waals surface area contributed by atoms with Gasteiger partial charge in [0.25, 0.3) is 0 Å². The molecule has 0 saturated carbocycles. The number of benzene rings is 1. The van der Waals surface area contributed by atoms with Gasteiger partial charge in [-0.3, -0.25) is 0 Å². The molecule has 3 N–H and O–H groups in total. The molecular weight excluding hydrogens is 433 g/mol. The highest BCUT2D eigenvalue weighted by molar-refractivity contribution is 14.0. The molecule has 1 aromatic rings. The largest absolute Gasteiger partial charge is 0.493 e. The molecule has 142 valence electrons. The lowest BCUT2D eigenvalue weighted by Crippen LogP contribution is -2.40. The highest BCUT2D eigenvalue weighted by Crippen LogP contribution is 2.23. The first-order valence-corrected chi connectivity index (χ1v) is 8.44. The Hall–Kier alpha value is -1.06. The number of nitrogens with two attached hydrogens (primary N) is 1. The highest BCUT2D eigenvalue weighted by Gasteiger charge is 2.17. The zero-order valence-corrected chi connectivity index (χ0v) is 17.6. The minimum Gasteiger partial charge on any atom is -0.493 e. The number of hydrogen-bond acceptors (Lipinski definition) is 4. The lowest BCUT2D eigenvalue weighted by Gasteiger charge is -2.15. The first-order chi connectivity index (χ1) is 11.6. The van der Waals surface area contributed by atoms with Gasteiger partial charge in [-0.15, -0.1) is 24.0 Å². The Morgan fingerprint density at radius 3 is 2.96 bits per heavy atom. The topological polar surface area (TPSA) is 78.1 Å². The van der Waals surface area contributed by atoms with Crippen LogP contribution in [0.1, 0.15) is 24.5 Å². The molecule has 2 atom stereocenters. The molecule has 6 nitrogen and oxygen atoms in total. The van der Waals surface area contributed by atoms with E-state index in [4.69, 9.17) is 19.9 Å². The van der Waals surface area contributed by atoms with Crippen molar-refractivity contribution in [2.24, 2.45) is 16.6 Å². The zero-order valence-electron chi connectivity index (χ0n) is 15.3. The summed E-state index contributed by atoms with van der Waals surface area (Å²) in [5.74, 6) is 1.77. The van der Waals surface area contributed by atoms with Gasteiger partial charge in [0, 0.05) is 31.2 Å². The maximum atomic E-state index is 6.02. The number of rotatable bonds is 8. The summed E-state index contributed by atoms with van der Waals surface area (Å²) in [6.45, 7) is 7.41. The maximum Gasteiger partial charge on any atom is 0.189 e. The van der Waals surface area contributed by atoms with Gasteiger partial charge in [-0.25, -0.2) is 4.99 Å². The number of aryl methyl sites for hydroxylation is 1. The van der Waals surface area contributed by atoms with Crippen LogP contribution in [0.3, 0.4) is 0 Å². The van der Waals surface area contributed by atoms with Crippen molar-refractivity contribution in [2.45, 2.75) is 32.9 Å². The van der Waals surface area contributed by atoms with E-state index in [1.54, 1.807) is 7.11 Å². The van der Waals surface area contributed by atoms with Crippen LogP contribution in [0.15, 0.2) is 23.2 Å². The molecular formula is C18H30IN3O3. The van der Waals surface area contributed by atoms with Crippen molar-refractivity contribution in [1.29, 1.82) is 0 Å². The SMILES string of the molecule is COCC(C)NC(N)=NCc1ccc(C)cc1OCC1CCOC1.I. The third kappa shape index (κ3) is 7.79. The van der Waals surface area contributed by atoms with E-state index < -0.39 is 0 Å². The molecule has 1 aromatic carbocycles. The summed E-state index contributed by atoms with van der Waals surface area (Å²) in [6.07, 6.45) is 1.06. The molecule has 0 aliphatic carbocycles. The first-order valence-electron chi connectivity index (χ1n) is 8.44. The van der Waals surface area contributed by atoms with Crippen LogP contribution >= 0.6 is 24.0 Å². The molecule has 0 amide bonds. The Morgan fingerprint density at radius 2 is 2.28 bits per heavy atom. The van der Waals surface area contributed by atoms with E-state index in [-0.39, 0.29) is 30.0 Å². The molecule has 1 heterocycles. The fourth-order valence-electron chi connectivity index (χ4n) is 2.61.